The van der Waals surface area contributed by atoms with Gasteiger partial charge in [0.05, 0.1) is 12.3 Å². The summed E-state index contributed by atoms with van der Waals surface area (Å²) in [6, 6.07) is 0. The number of nitrogens with zero attached hydrogens (tertiary/aromatic N) is 1. The van der Waals surface area contributed by atoms with E-state index >= 15 is 0 Å². The van der Waals surface area contributed by atoms with Crippen LogP contribution in [0.2, 0.25) is 0 Å². The quantitative estimate of drug-likeness (QED) is 0.504. The summed E-state index contributed by atoms with van der Waals surface area (Å²) >= 11 is 0. The van der Waals surface area contributed by atoms with Crippen LogP contribution in [-0.4, -0.2) is 24.1 Å². The average Bonchev–Trinajstić information content (AvgIpc) is 2.10. The first kappa shape index (κ1) is 12.6. The standard InChI is InChI=1S/C9H17N3O2/c1-6(2)9(14)10-5-7(3)11-12-8(4)13/h6H,5H2,1-4H3,(H,10,14)(H,12,13)/b11-7+. The van der Waals surface area contributed by atoms with Crippen LogP contribution in [0.3, 0.4) is 0 Å². The Morgan fingerprint density at radius 1 is 1.29 bits per heavy atom. The maximum Gasteiger partial charge on any atom is 0.236 e. The van der Waals surface area contributed by atoms with Gasteiger partial charge >= 0.3 is 0 Å². The first-order chi connectivity index (χ1) is 6.43. The Balaban J connectivity index is 3.84. The van der Waals surface area contributed by atoms with Crippen LogP contribution >= 0.6 is 0 Å². The van der Waals surface area contributed by atoms with E-state index in [4.69, 9.17) is 0 Å². The van der Waals surface area contributed by atoms with Crippen LogP contribution in [0.5, 0.6) is 0 Å². The van der Waals surface area contributed by atoms with Crippen LogP contribution < -0.4 is 10.7 Å². The van der Waals surface area contributed by atoms with E-state index < -0.39 is 0 Å². The summed E-state index contributed by atoms with van der Waals surface area (Å²) in [5, 5.41) is 6.44. The van der Waals surface area contributed by atoms with Crippen LogP contribution in [0, 0.1) is 5.92 Å². The zero-order valence-corrected chi connectivity index (χ0v) is 9.05. The Labute approximate surface area is 83.9 Å². The Kier molecular flexibility index (Phi) is 5.52. The molecule has 0 saturated heterocycles. The van der Waals surface area contributed by atoms with Crippen LogP contribution in [0.15, 0.2) is 5.10 Å². The molecule has 0 atom stereocenters. The van der Waals surface area contributed by atoms with Crippen molar-refractivity contribution >= 4 is 17.5 Å². The predicted octanol–water partition coefficient (Wildman–Crippen LogP) is 0.271. The van der Waals surface area contributed by atoms with Gasteiger partial charge in [-0.25, -0.2) is 5.43 Å². The second-order valence-corrected chi connectivity index (χ2v) is 3.39. The molecule has 0 unspecified atom stereocenters. The second-order valence-electron chi connectivity index (χ2n) is 3.39. The van der Waals surface area contributed by atoms with Crippen molar-refractivity contribution < 1.29 is 9.59 Å². The van der Waals surface area contributed by atoms with Gasteiger partial charge < -0.3 is 5.32 Å². The number of carbonyl (C=O) groups is 2. The smallest absolute Gasteiger partial charge is 0.236 e. The van der Waals surface area contributed by atoms with Gasteiger partial charge in [0.25, 0.3) is 0 Å². The lowest BCUT2D eigenvalue weighted by molar-refractivity contribution is -0.123. The van der Waals surface area contributed by atoms with Crippen molar-refractivity contribution in [2.45, 2.75) is 27.7 Å². The summed E-state index contributed by atoms with van der Waals surface area (Å²) in [6.07, 6.45) is 0. The fraction of sp³-hybridized carbons (Fsp3) is 0.667. The first-order valence-electron chi connectivity index (χ1n) is 4.51. The van der Waals surface area contributed by atoms with Gasteiger partial charge in [0.2, 0.25) is 11.8 Å². The van der Waals surface area contributed by atoms with Gasteiger partial charge in [0.15, 0.2) is 0 Å². The molecule has 0 saturated carbocycles. The minimum atomic E-state index is -0.223. The number of hydrazone groups is 1. The summed E-state index contributed by atoms with van der Waals surface area (Å²) in [5.41, 5.74) is 2.96. The highest BCUT2D eigenvalue weighted by molar-refractivity contribution is 5.89. The van der Waals surface area contributed by atoms with E-state index in [1.165, 1.54) is 6.92 Å². The first-order valence-corrected chi connectivity index (χ1v) is 4.51. The van der Waals surface area contributed by atoms with E-state index in [9.17, 15) is 9.59 Å². The molecule has 0 aliphatic rings. The van der Waals surface area contributed by atoms with Crippen molar-refractivity contribution in [1.29, 1.82) is 0 Å². The average molecular weight is 199 g/mol. The zero-order valence-electron chi connectivity index (χ0n) is 9.05. The van der Waals surface area contributed by atoms with Crippen LogP contribution in [-0.2, 0) is 9.59 Å². The molecule has 5 heteroatoms. The molecule has 0 radical (unpaired) electrons. The van der Waals surface area contributed by atoms with Crippen molar-refractivity contribution in [2.24, 2.45) is 11.0 Å². The maximum absolute atomic E-state index is 11.1. The van der Waals surface area contributed by atoms with Crippen molar-refractivity contribution in [3.8, 4) is 0 Å². The zero-order chi connectivity index (χ0) is 11.1. The summed E-state index contributed by atoms with van der Waals surface area (Å²) in [5.74, 6) is -0.287. The number of carbonyl (C=O) groups excluding carboxylic acids is 2. The number of hydrogen-bond donors (Lipinski definition) is 2. The maximum atomic E-state index is 11.1. The van der Waals surface area contributed by atoms with Crippen LogP contribution in [0.25, 0.3) is 0 Å². The van der Waals surface area contributed by atoms with Gasteiger partial charge in [-0.3, -0.25) is 9.59 Å². The van der Waals surface area contributed by atoms with Crippen molar-refractivity contribution in [3.63, 3.8) is 0 Å². The SMILES string of the molecule is CC(=O)N/N=C(\C)CNC(=O)C(C)C. The molecule has 0 spiro atoms. The van der Waals surface area contributed by atoms with Gasteiger partial charge in [-0.2, -0.15) is 5.10 Å². The highest BCUT2D eigenvalue weighted by Crippen LogP contribution is 1.89. The van der Waals surface area contributed by atoms with E-state index in [0.29, 0.717) is 12.3 Å². The molecular formula is C9H17N3O2. The Morgan fingerprint density at radius 2 is 1.86 bits per heavy atom. The van der Waals surface area contributed by atoms with Crippen LogP contribution in [0.1, 0.15) is 27.7 Å². The lowest BCUT2D eigenvalue weighted by Crippen LogP contribution is -2.32. The van der Waals surface area contributed by atoms with Gasteiger partial charge in [-0.15, -0.1) is 0 Å². The molecule has 14 heavy (non-hydrogen) atoms. The molecule has 2 amide bonds. The number of amides is 2. The lowest BCUT2D eigenvalue weighted by atomic mass is 10.2. The molecule has 0 aliphatic heterocycles. The molecule has 0 aromatic carbocycles. The molecule has 2 N–H and O–H groups in total. The van der Waals surface area contributed by atoms with Crippen molar-refractivity contribution in [1.82, 2.24) is 10.7 Å². The summed E-state index contributed by atoms with van der Waals surface area (Å²) in [7, 11) is 0. The Bertz CT molecular complexity index is 246. The third kappa shape index (κ3) is 6.16. The monoisotopic (exact) mass is 199 g/mol. The molecule has 80 valence electrons. The van der Waals surface area contributed by atoms with Gasteiger partial charge in [0.1, 0.15) is 0 Å². The molecule has 0 heterocycles. The fourth-order valence-corrected chi connectivity index (χ4v) is 0.633. The molecule has 0 aromatic heterocycles. The molecule has 5 nitrogen and oxygen atoms in total. The fourth-order valence-electron chi connectivity index (χ4n) is 0.633. The van der Waals surface area contributed by atoms with Crippen LogP contribution in [0.4, 0.5) is 0 Å². The van der Waals surface area contributed by atoms with Gasteiger partial charge in [-0.1, -0.05) is 13.8 Å². The summed E-state index contributed by atoms with van der Waals surface area (Å²) in [6.45, 7) is 7.10. The van der Waals surface area contributed by atoms with E-state index in [-0.39, 0.29) is 17.7 Å². The normalized spacial score (nSPS) is 11.4. The molecule has 0 aromatic rings. The number of nitrogens with one attached hydrogen (secondary N) is 2. The Morgan fingerprint density at radius 3 is 2.29 bits per heavy atom. The summed E-state index contributed by atoms with van der Waals surface area (Å²) in [4.78, 5) is 21.6. The second kappa shape index (κ2) is 6.12. The van der Waals surface area contributed by atoms with E-state index in [1.807, 2.05) is 13.8 Å². The molecular weight excluding hydrogens is 182 g/mol. The molecule has 0 rings (SSSR count). The molecule has 0 bridgehead atoms. The predicted molar refractivity (Wildman–Crippen MR) is 54.8 cm³/mol. The van der Waals surface area contributed by atoms with E-state index in [1.54, 1.807) is 6.92 Å². The molecule has 0 fully saturated rings. The van der Waals surface area contributed by atoms with E-state index in [2.05, 4.69) is 15.8 Å². The highest BCUT2D eigenvalue weighted by Gasteiger charge is 2.05. The van der Waals surface area contributed by atoms with E-state index in [0.717, 1.165) is 0 Å². The minimum absolute atomic E-state index is 0.0256. The highest BCUT2D eigenvalue weighted by atomic mass is 16.2. The van der Waals surface area contributed by atoms with Gasteiger partial charge in [0, 0.05) is 12.8 Å². The Hall–Kier alpha value is -1.39. The van der Waals surface area contributed by atoms with Crippen molar-refractivity contribution in [3.05, 3.63) is 0 Å². The number of hydrogen-bond acceptors (Lipinski definition) is 3. The third-order valence-electron chi connectivity index (χ3n) is 1.45. The summed E-state index contributed by atoms with van der Waals surface area (Å²) < 4.78 is 0. The minimum Gasteiger partial charge on any atom is -0.351 e. The molecule has 0 aliphatic carbocycles. The topological polar surface area (TPSA) is 70.6 Å². The largest absolute Gasteiger partial charge is 0.351 e. The third-order valence-corrected chi connectivity index (χ3v) is 1.45. The lowest BCUT2D eigenvalue weighted by Gasteiger charge is -2.06. The van der Waals surface area contributed by atoms with Gasteiger partial charge in [-0.05, 0) is 6.92 Å². The number of rotatable bonds is 4. The van der Waals surface area contributed by atoms with Crippen molar-refractivity contribution in [2.75, 3.05) is 6.54 Å².